The summed E-state index contributed by atoms with van der Waals surface area (Å²) in [6, 6.07) is 18.0. The third kappa shape index (κ3) is 3.96. The molecule has 0 saturated heterocycles. The van der Waals surface area contributed by atoms with Crippen LogP contribution in [0.3, 0.4) is 0 Å². The van der Waals surface area contributed by atoms with Crippen LogP contribution in [0.2, 0.25) is 0 Å². The Morgan fingerprint density at radius 3 is 2.55 bits per heavy atom. The van der Waals surface area contributed by atoms with Gasteiger partial charge in [0.05, 0.1) is 13.2 Å². The van der Waals surface area contributed by atoms with Crippen LogP contribution in [-0.2, 0) is 0 Å². The molecule has 2 aromatic carbocycles. The molecule has 3 nitrogen and oxygen atoms in total. The molecule has 0 bridgehead atoms. The van der Waals surface area contributed by atoms with Crippen LogP contribution in [0, 0.1) is 0 Å². The molecule has 4 heteroatoms. The number of rotatable bonds is 4. The fourth-order valence-corrected chi connectivity index (χ4v) is 2.18. The summed E-state index contributed by atoms with van der Waals surface area (Å²) in [6.07, 6.45) is 0. The first-order chi connectivity index (χ1) is 9.69. The summed E-state index contributed by atoms with van der Waals surface area (Å²) >= 11 is 5.33. The number of hydrogen-bond acceptors (Lipinski definition) is 2. The lowest BCUT2D eigenvalue weighted by molar-refractivity contribution is 0.415. The number of ether oxygens (including phenoxy) is 1. The van der Waals surface area contributed by atoms with Crippen LogP contribution in [0.4, 0.5) is 5.69 Å². The van der Waals surface area contributed by atoms with Gasteiger partial charge in [-0.25, -0.2) is 0 Å². The van der Waals surface area contributed by atoms with Crippen molar-refractivity contribution >= 4 is 23.0 Å². The van der Waals surface area contributed by atoms with Gasteiger partial charge in [0, 0.05) is 11.8 Å². The van der Waals surface area contributed by atoms with E-state index in [0.29, 0.717) is 5.11 Å². The summed E-state index contributed by atoms with van der Waals surface area (Å²) in [4.78, 5) is 0. The van der Waals surface area contributed by atoms with Crippen LogP contribution in [0.1, 0.15) is 18.5 Å². The first-order valence-corrected chi connectivity index (χ1v) is 6.86. The van der Waals surface area contributed by atoms with Crippen molar-refractivity contribution in [3.05, 3.63) is 60.2 Å². The van der Waals surface area contributed by atoms with E-state index in [1.807, 2.05) is 42.5 Å². The second kappa shape index (κ2) is 6.91. The molecule has 0 radical (unpaired) electrons. The maximum absolute atomic E-state index is 5.33. The molecule has 0 fully saturated rings. The molecule has 0 amide bonds. The predicted molar refractivity (Wildman–Crippen MR) is 87.2 cm³/mol. The first kappa shape index (κ1) is 14.3. The molecule has 0 aliphatic heterocycles. The molecule has 2 rings (SSSR count). The molecule has 104 valence electrons. The number of methoxy groups -OCH3 is 1. The van der Waals surface area contributed by atoms with Crippen LogP contribution >= 0.6 is 12.2 Å². The lowest BCUT2D eigenvalue weighted by atomic mass is 10.1. The Kier molecular flexibility index (Phi) is 4.96. The second-order valence-corrected chi connectivity index (χ2v) is 4.87. The van der Waals surface area contributed by atoms with E-state index in [0.717, 1.165) is 11.4 Å². The van der Waals surface area contributed by atoms with Crippen LogP contribution in [0.15, 0.2) is 54.6 Å². The number of thiocarbonyl (C=S) groups is 1. The zero-order valence-electron chi connectivity index (χ0n) is 11.6. The standard InChI is InChI=1S/C16H18N2OS/c1-12(13-7-4-3-5-8-13)17-16(20)18-14-9-6-10-15(11-14)19-2/h3-12H,1-2H3,(H2,17,18,20)/t12-/m0/s1. The Morgan fingerprint density at radius 1 is 1.10 bits per heavy atom. The summed E-state index contributed by atoms with van der Waals surface area (Å²) < 4.78 is 5.18. The molecular weight excluding hydrogens is 268 g/mol. The van der Waals surface area contributed by atoms with Gasteiger partial charge in [0.2, 0.25) is 0 Å². The van der Waals surface area contributed by atoms with Gasteiger partial charge in [-0.05, 0) is 36.8 Å². The van der Waals surface area contributed by atoms with Crippen LogP contribution in [0.5, 0.6) is 5.75 Å². The van der Waals surface area contributed by atoms with E-state index in [9.17, 15) is 0 Å². The molecule has 1 atom stereocenters. The van der Waals surface area contributed by atoms with Gasteiger partial charge in [-0.2, -0.15) is 0 Å². The van der Waals surface area contributed by atoms with E-state index in [1.54, 1.807) is 7.11 Å². The molecule has 20 heavy (non-hydrogen) atoms. The highest BCUT2D eigenvalue weighted by atomic mass is 32.1. The Bertz CT molecular complexity index is 572. The third-order valence-corrected chi connectivity index (χ3v) is 3.19. The van der Waals surface area contributed by atoms with Gasteiger partial charge in [0.15, 0.2) is 5.11 Å². The molecule has 0 heterocycles. The van der Waals surface area contributed by atoms with Crippen LogP contribution in [-0.4, -0.2) is 12.2 Å². The van der Waals surface area contributed by atoms with E-state index in [2.05, 4.69) is 29.7 Å². The fraction of sp³-hybridized carbons (Fsp3) is 0.188. The van der Waals surface area contributed by atoms with Crippen molar-refractivity contribution in [1.82, 2.24) is 5.32 Å². The van der Waals surface area contributed by atoms with Crippen molar-refractivity contribution in [2.24, 2.45) is 0 Å². The van der Waals surface area contributed by atoms with Gasteiger partial charge in [-0.15, -0.1) is 0 Å². The first-order valence-electron chi connectivity index (χ1n) is 6.45. The highest BCUT2D eigenvalue weighted by Gasteiger charge is 2.06. The molecule has 0 aromatic heterocycles. The minimum Gasteiger partial charge on any atom is -0.497 e. The van der Waals surface area contributed by atoms with Gasteiger partial charge in [0.25, 0.3) is 0 Å². The summed E-state index contributed by atoms with van der Waals surface area (Å²) in [6.45, 7) is 2.08. The Morgan fingerprint density at radius 2 is 1.85 bits per heavy atom. The van der Waals surface area contributed by atoms with E-state index < -0.39 is 0 Å². The van der Waals surface area contributed by atoms with E-state index in [1.165, 1.54) is 5.56 Å². The third-order valence-electron chi connectivity index (χ3n) is 2.97. The smallest absolute Gasteiger partial charge is 0.171 e. The van der Waals surface area contributed by atoms with Gasteiger partial charge >= 0.3 is 0 Å². The Balaban J connectivity index is 1.95. The number of benzene rings is 2. The number of nitrogens with one attached hydrogen (secondary N) is 2. The van der Waals surface area contributed by atoms with E-state index in [-0.39, 0.29) is 6.04 Å². The number of anilines is 1. The minimum absolute atomic E-state index is 0.154. The SMILES string of the molecule is COc1cccc(NC(=S)N[C@@H](C)c2ccccc2)c1. The molecule has 2 N–H and O–H groups in total. The lowest BCUT2D eigenvalue weighted by Gasteiger charge is -2.17. The van der Waals surface area contributed by atoms with Crippen molar-refractivity contribution in [3.8, 4) is 5.75 Å². The minimum atomic E-state index is 0.154. The van der Waals surface area contributed by atoms with Gasteiger partial charge in [0.1, 0.15) is 5.75 Å². The molecular formula is C16H18N2OS. The molecule has 2 aromatic rings. The highest BCUT2D eigenvalue weighted by molar-refractivity contribution is 7.80. The summed E-state index contributed by atoms with van der Waals surface area (Å²) in [7, 11) is 1.65. The van der Waals surface area contributed by atoms with Gasteiger partial charge in [-0.3, -0.25) is 0 Å². The quantitative estimate of drug-likeness (QED) is 0.839. The van der Waals surface area contributed by atoms with Crippen molar-refractivity contribution in [3.63, 3.8) is 0 Å². The average Bonchev–Trinajstić information content (AvgIpc) is 2.48. The zero-order valence-corrected chi connectivity index (χ0v) is 12.4. The summed E-state index contributed by atoms with van der Waals surface area (Å²) in [5, 5.41) is 7.01. The zero-order chi connectivity index (χ0) is 14.4. The van der Waals surface area contributed by atoms with Crippen LogP contribution in [0.25, 0.3) is 0 Å². The maximum Gasteiger partial charge on any atom is 0.171 e. The Labute approximate surface area is 125 Å². The Hall–Kier alpha value is -2.07. The monoisotopic (exact) mass is 286 g/mol. The highest BCUT2D eigenvalue weighted by Crippen LogP contribution is 2.17. The predicted octanol–water partition coefficient (Wildman–Crippen LogP) is 3.74. The largest absolute Gasteiger partial charge is 0.497 e. The number of hydrogen-bond donors (Lipinski definition) is 2. The normalized spacial score (nSPS) is 11.5. The molecule has 0 unspecified atom stereocenters. The molecule has 0 aliphatic carbocycles. The van der Waals surface area contributed by atoms with Gasteiger partial charge in [-0.1, -0.05) is 36.4 Å². The topological polar surface area (TPSA) is 33.3 Å². The van der Waals surface area contributed by atoms with Crippen molar-refractivity contribution in [2.45, 2.75) is 13.0 Å². The fourth-order valence-electron chi connectivity index (χ4n) is 1.89. The van der Waals surface area contributed by atoms with Crippen molar-refractivity contribution in [1.29, 1.82) is 0 Å². The second-order valence-electron chi connectivity index (χ2n) is 4.46. The van der Waals surface area contributed by atoms with E-state index >= 15 is 0 Å². The van der Waals surface area contributed by atoms with Crippen molar-refractivity contribution in [2.75, 3.05) is 12.4 Å². The van der Waals surface area contributed by atoms with E-state index in [4.69, 9.17) is 17.0 Å². The molecule has 0 saturated carbocycles. The molecule has 0 spiro atoms. The van der Waals surface area contributed by atoms with Crippen LogP contribution < -0.4 is 15.4 Å². The lowest BCUT2D eigenvalue weighted by Crippen LogP contribution is -2.30. The maximum atomic E-state index is 5.33. The van der Waals surface area contributed by atoms with Gasteiger partial charge < -0.3 is 15.4 Å². The summed E-state index contributed by atoms with van der Waals surface area (Å²) in [5.74, 6) is 0.800. The average molecular weight is 286 g/mol. The summed E-state index contributed by atoms with van der Waals surface area (Å²) in [5.41, 5.74) is 2.10. The molecule has 0 aliphatic rings. The van der Waals surface area contributed by atoms with Crippen molar-refractivity contribution < 1.29 is 4.74 Å².